The zero-order valence-corrected chi connectivity index (χ0v) is 10.1. The number of fused-ring (bicyclic) bond motifs is 1. The van der Waals surface area contributed by atoms with E-state index in [1.54, 1.807) is 0 Å². The second kappa shape index (κ2) is 4.15. The van der Waals surface area contributed by atoms with Gasteiger partial charge in [0.1, 0.15) is 0 Å². The van der Waals surface area contributed by atoms with Gasteiger partial charge in [-0.05, 0) is 30.7 Å². The van der Waals surface area contributed by atoms with Crippen LogP contribution in [0.1, 0.15) is 21.5 Å². The van der Waals surface area contributed by atoms with E-state index in [1.807, 2.05) is 61.5 Å². The molecule has 0 saturated heterocycles. The molecule has 0 fully saturated rings. The SMILES string of the molecule is Cc1ccc(/C=C2\Nc3ccccc3C2=O)cc1. The molecule has 88 valence electrons. The van der Waals surface area contributed by atoms with E-state index in [0.717, 1.165) is 16.8 Å². The van der Waals surface area contributed by atoms with Crippen LogP contribution in [0, 0.1) is 6.92 Å². The molecular weight excluding hydrogens is 222 g/mol. The fourth-order valence-corrected chi connectivity index (χ4v) is 2.07. The standard InChI is InChI=1S/C16H13NO/c1-11-6-8-12(9-7-11)10-15-16(18)13-4-2-3-5-14(13)17-15/h2-10,17H,1H3/b15-10-. The second-order valence-electron chi connectivity index (χ2n) is 4.47. The van der Waals surface area contributed by atoms with Crippen LogP contribution in [0.4, 0.5) is 5.69 Å². The molecule has 0 bridgehead atoms. The topological polar surface area (TPSA) is 29.1 Å². The van der Waals surface area contributed by atoms with Crippen LogP contribution >= 0.6 is 0 Å². The van der Waals surface area contributed by atoms with Crippen molar-refractivity contribution in [1.82, 2.24) is 0 Å². The Balaban J connectivity index is 1.97. The van der Waals surface area contributed by atoms with Gasteiger partial charge in [0.15, 0.2) is 0 Å². The maximum atomic E-state index is 12.1. The molecule has 1 N–H and O–H groups in total. The van der Waals surface area contributed by atoms with Crippen LogP contribution in [-0.2, 0) is 0 Å². The van der Waals surface area contributed by atoms with E-state index >= 15 is 0 Å². The first-order chi connectivity index (χ1) is 8.74. The average Bonchev–Trinajstić information content (AvgIpc) is 2.70. The highest BCUT2D eigenvalue weighted by Gasteiger charge is 2.23. The van der Waals surface area contributed by atoms with E-state index in [4.69, 9.17) is 0 Å². The molecule has 1 aliphatic heterocycles. The normalized spacial score (nSPS) is 15.6. The highest BCUT2D eigenvalue weighted by molar-refractivity contribution is 6.20. The number of allylic oxidation sites excluding steroid dienone is 1. The smallest absolute Gasteiger partial charge is 0.211 e. The van der Waals surface area contributed by atoms with Gasteiger partial charge in [0.2, 0.25) is 5.78 Å². The maximum Gasteiger partial charge on any atom is 0.211 e. The first-order valence-corrected chi connectivity index (χ1v) is 5.93. The van der Waals surface area contributed by atoms with Crippen LogP contribution in [0.3, 0.4) is 0 Å². The Morgan fingerprint density at radius 1 is 1.00 bits per heavy atom. The third-order valence-electron chi connectivity index (χ3n) is 3.07. The van der Waals surface area contributed by atoms with Crippen LogP contribution in [0.5, 0.6) is 0 Å². The van der Waals surface area contributed by atoms with Crippen molar-refractivity contribution in [3.8, 4) is 0 Å². The van der Waals surface area contributed by atoms with Crippen molar-refractivity contribution in [3.05, 3.63) is 70.9 Å². The van der Waals surface area contributed by atoms with Crippen molar-refractivity contribution < 1.29 is 4.79 Å². The molecule has 0 aromatic heterocycles. The number of Topliss-reactive ketones (excluding diaryl/α,β-unsaturated/α-hetero) is 1. The molecule has 2 nitrogen and oxygen atoms in total. The second-order valence-corrected chi connectivity index (χ2v) is 4.47. The number of carbonyl (C=O) groups excluding carboxylic acids is 1. The number of benzene rings is 2. The number of ketones is 1. The van der Waals surface area contributed by atoms with Gasteiger partial charge in [-0.1, -0.05) is 42.0 Å². The predicted molar refractivity (Wildman–Crippen MR) is 73.6 cm³/mol. The summed E-state index contributed by atoms with van der Waals surface area (Å²) in [6.45, 7) is 2.05. The Morgan fingerprint density at radius 3 is 2.44 bits per heavy atom. The number of hydrogen-bond acceptors (Lipinski definition) is 2. The Bertz CT molecular complexity index is 638. The van der Waals surface area contributed by atoms with E-state index in [2.05, 4.69) is 5.32 Å². The number of nitrogens with one attached hydrogen (secondary N) is 1. The Kier molecular flexibility index (Phi) is 2.49. The summed E-state index contributed by atoms with van der Waals surface area (Å²) in [5, 5.41) is 3.16. The molecule has 0 atom stereocenters. The van der Waals surface area contributed by atoms with Crippen LogP contribution < -0.4 is 5.32 Å². The Labute approximate surface area is 106 Å². The van der Waals surface area contributed by atoms with Gasteiger partial charge >= 0.3 is 0 Å². The summed E-state index contributed by atoms with van der Waals surface area (Å²) >= 11 is 0. The van der Waals surface area contributed by atoms with E-state index in [1.165, 1.54) is 5.56 Å². The van der Waals surface area contributed by atoms with Gasteiger partial charge in [0.25, 0.3) is 0 Å². The number of aryl methyl sites for hydroxylation is 1. The number of carbonyl (C=O) groups is 1. The minimum atomic E-state index is 0.0613. The minimum absolute atomic E-state index is 0.0613. The zero-order chi connectivity index (χ0) is 12.5. The van der Waals surface area contributed by atoms with Gasteiger partial charge in [-0.25, -0.2) is 0 Å². The largest absolute Gasteiger partial charge is 0.352 e. The molecule has 0 unspecified atom stereocenters. The summed E-state index contributed by atoms with van der Waals surface area (Å²) in [6.07, 6.45) is 1.89. The fourth-order valence-electron chi connectivity index (χ4n) is 2.07. The predicted octanol–water partition coefficient (Wildman–Crippen LogP) is 3.64. The van der Waals surface area contributed by atoms with E-state index in [0.29, 0.717) is 5.70 Å². The lowest BCUT2D eigenvalue weighted by atomic mass is 10.1. The average molecular weight is 235 g/mol. The summed E-state index contributed by atoms with van der Waals surface area (Å²) in [6, 6.07) is 15.7. The molecule has 3 rings (SSSR count). The molecule has 0 radical (unpaired) electrons. The summed E-state index contributed by atoms with van der Waals surface area (Å²) < 4.78 is 0. The summed E-state index contributed by atoms with van der Waals surface area (Å²) in [7, 11) is 0. The molecule has 0 aliphatic carbocycles. The van der Waals surface area contributed by atoms with Crippen molar-refractivity contribution in [2.24, 2.45) is 0 Å². The van der Waals surface area contributed by atoms with E-state index in [9.17, 15) is 4.79 Å². The number of para-hydroxylation sites is 1. The van der Waals surface area contributed by atoms with Crippen molar-refractivity contribution in [1.29, 1.82) is 0 Å². The molecule has 2 heteroatoms. The van der Waals surface area contributed by atoms with Gasteiger partial charge in [0.05, 0.1) is 5.70 Å². The molecule has 0 spiro atoms. The van der Waals surface area contributed by atoms with Gasteiger partial charge < -0.3 is 5.32 Å². The van der Waals surface area contributed by atoms with Crippen LogP contribution in [0.25, 0.3) is 6.08 Å². The van der Waals surface area contributed by atoms with Crippen LogP contribution in [0.2, 0.25) is 0 Å². The Morgan fingerprint density at radius 2 is 1.72 bits per heavy atom. The number of hydrogen-bond donors (Lipinski definition) is 1. The Hall–Kier alpha value is -2.35. The van der Waals surface area contributed by atoms with Gasteiger partial charge in [-0.3, -0.25) is 4.79 Å². The monoisotopic (exact) mass is 235 g/mol. The molecule has 0 saturated carbocycles. The molecule has 0 amide bonds. The summed E-state index contributed by atoms with van der Waals surface area (Å²) in [5.74, 6) is 0.0613. The molecule has 2 aromatic carbocycles. The molecule has 1 heterocycles. The lowest BCUT2D eigenvalue weighted by Gasteiger charge is -1.99. The third kappa shape index (κ3) is 1.82. The van der Waals surface area contributed by atoms with Crippen molar-refractivity contribution in [2.75, 3.05) is 5.32 Å². The number of anilines is 1. The lowest BCUT2D eigenvalue weighted by molar-refractivity contribution is 0.104. The maximum absolute atomic E-state index is 12.1. The first-order valence-electron chi connectivity index (χ1n) is 5.93. The quantitative estimate of drug-likeness (QED) is 0.764. The van der Waals surface area contributed by atoms with E-state index < -0.39 is 0 Å². The molecule has 2 aromatic rings. The summed E-state index contributed by atoms with van der Waals surface area (Å²) in [4.78, 5) is 12.1. The van der Waals surface area contributed by atoms with Crippen molar-refractivity contribution in [3.63, 3.8) is 0 Å². The molecular formula is C16H13NO. The van der Waals surface area contributed by atoms with Gasteiger partial charge in [-0.2, -0.15) is 0 Å². The van der Waals surface area contributed by atoms with Crippen molar-refractivity contribution in [2.45, 2.75) is 6.92 Å². The minimum Gasteiger partial charge on any atom is -0.352 e. The number of rotatable bonds is 1. The van der Waals surface area contributed by atoms with E-state index in [-0.39, 0.29) is 5.78 Å². The third-order valence-corrected chi connectivity index (χ3v) is 3.07. The van der Waals surface area contributed by atoms with Crippen LogP contribution in [0.15, 0.2) is 54.2 Å². The summed E-state index contributed by atoms with van der Waals surface area (Å²) in [5.41, 5.74) is 4.52. The van der Waals surface area contributed by atoms with Gasteiger partial charge in [-0.15, -0.1) is 0 Å². The zero-order valence-electron chi connectivity index (χ0n) is 10.1. The molecule has 18 heavy (non-hydrogen) atoms. The molecule has 1 aliphatic rings. The van der Waals surface area contributed by atoms with Crippen molar-refractivity contribution >= 4 is 17.5 Å². The first kappa shape index (κ1) is 10.8. The van der Waals surface area contributed by atoms with Gasteiger partial charge in [0, 0.05) is 11.3 Å². The highest BCUT2D eigenvalue weighted by atomic mass is 16.1. The van der Waals surface area contributed by atoms with Crippen LogP contribution in [-0.4, -0.2) is 5.78 Å². The lowest BCUT2D eigenvalue weighted by Crippen LogP contribution is -1.99. The highest BCUT2D eigenvalue weighted by Crippen LogP contribution is 2.28. The fraction of sp³-hybridized carbons (Fsp3) is 0.0625.